The summed E-state index contributed by atoms with van der Waals surface area (Å²) < 4.78 is 13.3. The Balaban J connectivity index is 1.60. The monoisotopic (exact) mass is 361 g/mol. The van der Waals surface area contributed by atoms with Gasteiger partial charge in [0.25, 0.3) is 5.91 Å². The van der Waals surface area contributed by atoms with Gasteiger partial charge in [-0.3, -0.25) is 4.79 Å². The molecule has 5 heteroatoms. The second kappa shape index (κ2) is 7.66. The third-order valence-electron chi connectivity index (χ3n) is 5.04. The number of benzene rings is 2. The molecule has 0 bridgehead atoms. The van der Waals surface area contributed by atoms with Crippen LogP contribution in [0, 0.1) is 5.82 Å². The minimum absolute atomic E-state index is 0.00804. The van der Waals surface area contributed by atoms with E-state index < -0.39 is 0 Å². The summed E-state index contributed by atoms with van der Waals surface area (Å²) >= 11 is 0. The van der Waals surface area contributed by atoms with Gasteiger partial charge >= 0.3 is 0 Å². The van der Waals surface area contributed by atoms with Crippen LogP contribution in [0.4, 0.5) is 4.39 Å². The summed E-state index contributed by atoms with van der Waals surface area (Å²) in [4.78, 5) is 23.5. The van der Waals surface area contributed by atoms with Crippen molar-refractivity contribution in [2.75, 3.05) is 13.1 Å². The van der Waals surface area contributed by atoms with Crippen molar-refractivity contribution >= 4 is 5.91 Å². The SMILES string of the molecule is O=C(c1ccccc1-c1ccc(F)cc1)N1CCCC(c2ccncn2)C1. The van der Waals surface area contributed by atoms with E-state index in [1.807, 2.05) is 35.2 Å². The molecule has 136 valence electrons. The van der Waals surface area contributed by atoms with Gasteiger partial charge in [-0.1, -0.05) is 30.3 Å². The lowest BCUT2D eigenvalue weighted by molar-refractivity contribution is 0.0706. The minimum Gasteiger partial charge on any atom is -0.338 e. The first kappa shape index (κ1) is 17.3. The van der Waals surface area contributed by atoms with Crippen LogP contribution < -0.4 is 0 Å². The molecule has 1 aliphatic rings. The highest BCUT2D eigenvalue weighted by Gasteiger charge is 2.27. The van der Waals surface area contributed by atoms with Crippen molar-refractivity contribution in [3.05, 3.63) is 84.2 Å². The van der Waals surface area contributed by atoms with E-state index in [9.17, 15) is 9.18 Å². The number of carbonyl (C=O) groups excluding carboxylic acids is 1. The molecule has 0 N–H and O–H groups in total. The van der Waals surface area contributed by atoms with Crippen molar-refractivity contribution in [3.63, 3.8) is 0 Å². The molecule has 1 atom stereocenters. The number of hydrogen-bond donors (Lipinski definition) is 0. The molecule has 1 unspecified atom stereocenters. The summed E-state index contributed by atoms with van der Waals surface area (Å²) in [5.74, 6) is -0.0522. The number of halogens is 1. The van der Waals surface area contributed by atoms with Gasteiger partial charge in [-0.2, -0.15) is 0 Å². The fourth-order valence-electron chi connectivity index (χ4n) is 3.67. The zero-order valence-electron chi connectivity index (χ0n) is 14.9. The standard InChI is InChI=1S/C22H20FN3O/c23-18-9-7-16(8-10-18)19-5-1-2-6-20(19)22(27)26-13-3-4-17(14-26)21-11-12-24-15-25-21/h1-2,5-12,15,17H,3-4,13-14H2. The normalized spacial score (nSPS) is 16.9. The van der Waals surface area contributed by atoms with Crippen LogP contribution in [0.1, 0.15) is 34.8 Å². The lowest BCUT2D eigenvalue weighted by Crippen LogP contribution is -2.39. The Kier molecular flexibility index (Phi) is 4.92. The highest BCUT2D eigenvalue weighted by molar-refractivity contribution is 6.01. The quantitative estimate of drug-likeness (QED) is 0.699. The van der Waals surface area contributed by atoms with Crippen LogP contribution in [-0.4, -0.2) is 33.9 Å². The Labute approximate surface area is 157 Å². The molecule has 0 radical (unpaired) electrons. The molecule has 1 saturated heterocycles. The molecule has 2 aromatic carbocycles. The Bertz CT molecular complexity index is 928. The van der Waals surface area contributed by atoms with Crippen molar-refractivity contribution in [2.45, 2.75) is 18.8 Å². The Morgan fingerprint density at radius 2 is 1.89 bits per heavy atom. The van der Waals surface area contributed by atoms with Gasteiger partial charge < -0.3 is 4.90 Å². The first-order valence-corrected chi connectivity index (χ1v) is 9.12. The summed E-state index contributed by atoms with van der Waals surface area (Å²) in [5.41, 5.74) is 3.29. The van der Waals surface area contributed by atoms with Crippen LogP contribution in [0.25, 0.3) is 11.1 Å². The van der Waals surface area contributed by atoms with Gasteiger partial charge in [0.15, 0.2) is 0 Å². The number of nitrogens with zero attached hydrogens (tertiary/aromatic N) is 3. The molecular weight excluding hydrogens is 341 g/mol. The van der Waals surface area contributed by atoms with Crippen LogP contribution in [-0.2, 0) is 0 Å². The number of hydrogen-bond acceptors (Lipinski definition) is 3. The van der Waals surface area contributed by atoms with Crippen molar-refractivity contribution in [3.8, 4) is 11.1 Å². The number of piperidine rings is 1. The smallest absolute Gasteiger partial charge is 0.254 e. The number of likely N-dealkylation sites (tertiary alicyclic amines) is 1. The van der Waals surface area contributed by atoms with Gasteiger partial charge in [0.2, 0.25) is 0 Å². The van der Waals surface area contributed by atoms with Gasteiger partial charge in [-0.25, -0.2) is 14.4 Å². The van der Waals surface area contributed by atoms with Gasteiger partial charge in [0.05, 0.1) is 0 Å². The maximum atomic E-state index is 13.3. The molecule has 1 amide bonds. The van der Waals surface area contributed by atoms with E-state index in [0.29, 0.717) is 12.1 Å². The predicted molar refractivity (Wildman–Crippen MR) is 102 cm³/mol. The van der Waals surface area contributed by atoms with E-state index in [2.05, 4.69) is 9.97 Å². The van der Waals surface area contributed by atoms with Crippen molar-refractivity contribution < 1.29 is 9.18 Å². The fourth-order valence-corrected chi connectivity index (χ4v) is 3.67. The molecule has 1 aliphatic heterocycles. The molecule has 0 aliphatic carbocycles. The maximum Gasteiger partial charge on any atom is 0.254 e. The van der Waals surface area contributed by atoms with Crippen LogP contribution in [0.2, 0.25) is 0 Å². The largest absolute Gasteiger partial charge is 0.338 e. The van der Waals surface area contributed by atoms with E-state index in [4.69, 9.17) is 0 Å². The Morgan fingerprint density at radius 3 is 2.67 bits per heavy atom. The van der Waals surface area contributed by atoms with Gasteiger partial charge in [0, 0.05) is 36.5 Å². The van der Waals surface area contributed by atoms with Crippen molar-refractivity contribution in [2.24, 2.45) is 0 Å². The van der Waals surface area contributed by atoms with Crippen molar-refractivity contribution in [1.82, 2.24) is 14.9 Å². The van der Waals surface area contributed by atoms with E-state index in [-0.39, 0.29) is 17.6 Å². The van der Waals surface area contributed by atoms with Crippen LogP contribution in [0.3, 0.4) is 0 Å². The first-order chi connectivity index (χ1) is 13.2. The van der Waals surface area contributed by atoms with E-state index in [1.165, 1.54) is 12.1 Å². The van der Waals surface area contributed by atoms with E-state index >= 15 is 0 Å². The third kappa shape index (κ3) is 3.72. The first-order valence-electron chi connectivity index (χ1n) is 9.12. The van der Waals surface area contributed by atoms with Gasteiger partial charge in [-0.05, 0) is 48.2 Å². The van der Waals surface area contributed by atoms with Crippen LogP contribution in [0.15, 0.2) is 67.1 Å². The summed E-state index contributed by atoms with van der Waals surface area (Å²) in [6.07, 6.45) is 5.26. The minimum atomic E-state index is -0.286. The summed E-state index contributed by atoms with van der Waals surface area (Å²) in [5, 5.41) is 0. The molecule has 27 heavy (non-hydrogen) atoms. The molecular formula is C22H20FN3O. The van der Waals surface area contributed by atoms with Crippen LogP contribution >= 0.6 is 0 Å². The second-order valence-corrected chi connectivity index (χ2v) is 6.78. The molecule has 4 nitrogen and oxygen atoms in total. The molecule has 1 fully saturated rings. The van der Waals surface area contributed by atoms with Crippen LogP contribution in [0.5, 0.6) is 0 Å². The molecule has 4 rings (SSSR count). The summed E-state index contributed by atoms with van der Waals surface area (Å²) in [6.45, 7) is 1.38. The highest BCUT2D eigenvalue weighted by Crippen LogP contribution is 2.29. The fraction of sp³-hybridized carbons (Fsp3) is 0.227. The van der Waals surface area contributed by atoms with E-state index in [0.717, 1.165) is 36.2 Å². The zero-order chi connectivity index (χ0) is 18.6. The van der Waals surface area contributed by atoms with Gasteiger partial charge in [-0.15, -0.1) is 0 Å². The average molecular weight is 361 g/mol. The van der Waals surface area contributed by atoms with Gasteiger partial charge in [0.1, 0.15) is 12.1 Å². The lowest BCUT2D eigenvalue weighted by atomic mass is 9.93. The number of carbonyl (C=O) groups is 1. The summed E-state index contributed by atoms with van der Waals surface area (Å²) in [6, 6.07) is 15.7. The average Bonchev–Trinajstić information content (AvgIpc) is 2.74. The molecule has 3 aromatic rings. The molecule has 0 saturated carbocycles. The predicted octanol–water partition coefficient (Wildman–Crippen LogP) is 4.30. The number of amides is 1. The summed E-state index contributed by atoms with van der Waals surface area (Å²) in [7, 11) is 0. The number of rotatable bonds is 3. The second-order valence-electron chi connectivity index (χ2n) is 6.78. The third-order valence-corrected chi connectivity index (χ3v) is 5.04. The highest BCUT2D eigenvalue weighted by atomic mass is 19.1. The topological polar surface area (TPSA) is 46.1 Å². The maximum absolute atomic E-state index is 13.3. The Morgan fingerprint density at radius 1 is 1.07 bits per heavy atom. The van der Waals surface area contributed by atoms with Crippen molar-refractivity contribution in [1.29, 1.82) is 0 Å². The number of aromatic nitrogens is 2. The Hall–Kier alpha value is -3.08. The molecule has 0 spiro atoms. The molecule has 2 heterocycles. The van der Waals surface area contributed by atoms with E-state index in [1.54, 1.807) is 24.7 Å². The zero-order valence-corrected chi connectivity index (χ0v) is 14.9. The lowest BCUT2D eigenvalue weighted by Gasteiger charge is -2.33. The molecule has 1 aromatic heterocycles.